The third-order valence-electron chi connectivity index (χ3n) is 5.62. The molecule has 4 fully saturated rings. The molecular weight excluding hydrogens is 232 g/mol. The number of benzene rings is 1. The van der Waals surface area contributed by atoms with Crippen molar-refractivity contribution in [1.29, 1.82) is 0 Å². The molecule has 1 aromatic rings. The summed E-state index contributed by atoms with van der Waals surface area (Å²) in [7, 11) is 0. The molecule has 1 aromatic carbocycles. The molecule has 0 saturated heterocycles. The highest BCUT2D eigenvalue weighted by Crippen LogP contribution is 2.56. The molecule has 0 heterocycles. The summed E-state index contributed by atoms with van der Waals surface area (Å²) < 4.78 is 0. The Hall–Kier alpha value is -0.860. The molecule has 0 aliphatic heterocycles. The first kappa shape index (κ1) is 11.9. The van der Waals surface area contributed by atoms with E-state index < -0.39 is 0 Å². The fraction of sp³-hybridized carbons (Fsp3) is 0.647. The fourth-order valence-electron chi connectivity index (χ4n) is 5.43. The summed E-state index contributed by atoms with van der Waals surface area (Å²) in [6, 6.07) is 10.8. The van der Waals surface area contributed by atoms with Crippen LogP contribution in [0.2, 0.25) is 0 Å². The van der Waals surface area contributed by atoms with E-state index in [0.717, 1.165) is 18.4 Å². The topological polar surface area (TPSA) is 38.0 Å². The summed E-state index contributed by atoms with van der Waals surface area (Å²) in [5.74, 6) is 1.77. The maximum absolute atomic E-state index is 6.63. The highest BCUT2D eigenvalue weighted by molar-refractivity contribution is 5.18. The second kappa shape index (κ2) is 4.07. The van der Waals surface area contributed by atoms with E-state index in [1.54, 1.807) is 0 Å². The average Bonchev–Trinajstić information content (AvgIpc) is 2.35. The summed E-state index contributed by atoms with van der Waals surface area (Å²) >= 11 is 0. The zero-order valence-electron chi connectivity index (χ0n) is 11.6. The van der Waals surface area contributed by atoms with Gasteiger partial charge in [-0.1, -0.05) is 30.3 Å². The Morgan fingerprint density at radius 2 is 1.74 bits per heavy atom. The van der Waals surface area contributed by atoms with Crippen molar-refractivity contribution in [2.75, 3.05) is 0 Å². The summed E-state index contributed by atoms with van der Waals surface area (Å²) in [6.07, 6.45) is 7.90. The largest absolute Gasteiger partial charge is 0.325 e. The average molecular weight is 256 g/mol. The van der Waals surface area contributed by atoms with Gasteiger partial charge in [0, 0.05) is 17.6 Å². The standard InChI is InChI=1S/C17H24N2/c18-16-7-14-6-15(8-16)10-17(9-14,12-16)19-11-13-4-2-1-3-5-13/h1-5,14-15,19H,6-12,18H2. The number of hydrogen-bond donors (Lipinski definition) is 2. The Morgan fingerprint density at radius 1 is 1.05 bits per heavy atom. The Kier molecular flexibility index (Phi) is 2.55. The summed E-state index contributed by atoms with van der Waals surface area (Å²) in [4.78, 5) is 0. The van der Waals surface area contributed by atoms with Crippen LogP contribution in [0, 0.1) is 11.8 Å². The van der Waals surface area contributed by atoms with Gasteiger partial charge in [0.15, 0.2) is 0 Å². The maximum Gasteiger partial charge on any atom is 0.0210 e. The normalized spacial score (nSPS) is 43.6. The molecule has 0 spiro atoms. The predicted molar refractivity (Wildman–Crippen MR) is 77.6 cm³/mol. The van der Waals surface area contributed by atoms with Gasteiger partial charge in [-0.15, -0.1) is 0 Å². The van der Waals surface area contributed by atoms with Crippen molar-refractivity contribution in [2.45, 2.75) is 56.1 Å². The van der Waals surface area contributed by atoms with E-state index in [1.807, 2.05) is 0 Å². The molecule has 4 bridgehead atoms. The molecule has 0 radical (unpaired) electrons. The molecule has 19 heavy (non-hydrogen) atoms. The van der Waals surface area contributed by atoms with Crippen LogP contribution in [0.3, 0.4) is 0 Å². The molecular formula is C17H24N2. The zero-order chi connectivity index (χ0) is 12.9. The Morgan fingerprint density at radius 3 is 2.37 bits per heavy atom. The van der Waals surface area contributed by atoms with E-state index in [9.17, 15) is 0 Å². The van der Waals surface area contributed by atoms with Gasteiger partial charge in [0.1, 0.15) is 0 Å². The molecule has 2 nitrogen and oxygen atoms in total. The minimum atomic E-state index is 0.147. The van der Waals surface area contributed by atoms with E-state index in [2.05, 4.69) is 35.6 Å². The quantitative estimate of drug-likeness (QED) is 0.872. The van der Waals surface area contributed by atoms with E-state index in [1.165, 1.54) is 44.1 Å². The lowest BCUT2D eigenvalue weighted by atomic mass is 9.50. The summed E-state index contributed by atoms with van der Waals surface area (Å²) in [6.45, 7) is 0.996. The van der Waals surface area contributed by atoms with Gasteiger partial charge in [0.05, 0.1) is 0 Å². The Balaban J connectivity index is 1.51. The molecule has 4 aliphatic carbocycles. The first-order valence-electron chi connectivity index (χ1n) is 7.73. The van der Waals surface area contributed by atoms with E-state index in [4.69, 9.17) is 5.73 Å². The minimum absolute atomic E-state index is 0.147. The third-order valence-corrected chi connectivity index (χ3v) is 5.62. The van der Waals surface area contributed by atoms with E-state index >= 15 is 0 Å². The van der Waals surface area contributed by atoms with Gasteiger partial charge < -0.3 is 11.1 Å². The van der Waals surface area contributed by atoms with Crippen molar-refractivity contribution in [2.24, 2.45) is 17.6 Å². The van der Waals surface area contributed by atoms with Crippen LogP contribution in [-0.4, -0.2) is 11.1 Å². The number of hydrogen-bond acceptors (Lipinski definition) is 2. The van der Waals surface area contributed by atoms with Crippen molar-refractivity contribution in [3.05, 3.63) is 35.9 Å². The van der Waals surface area contributed by atoms with Crippen LogP contribution >= 0.6 is 0 Å². The van der Waals surface area contributed by atoms with Crippen LogP contribution < -0.4 is 11.1 Å². The van der Waals surface area contributed by atoms with Gasteiger partial charge in [-0.3, -0.25) is 0 Å². The first-order chi connectivity index (χ1) is 9.15. The monoisotopic (exact) mass is 256 g/mol. The molecule has 102 valence electrons. The highest BCUT2D eigenvalue weighted by Gasteiger charge is 2.55. The maximum atomic E-state index is 6.63. The van der Waals surface area contributed by atoms with Crippen molar-refractivity contribution in [1.82, 2.24) is 5.32 Å². The number of nitrogens with two attached hydrogens (primary N) is 1. The number of nitrogens with one attached hydrogen (secondary N) is 1. The van der Waals surface area contributed by atoms with Crippen LogP contribution in [0.5, 0.6) is 0 Å². The van der Waals surface area contributed by atoms with Crippen molar-refractivity contribution in [3.8, 4) is 0 Å². The van der Waals surface area contributed by atoms with Crippen molar-refractivity contribution in [3.63, 3.8) is 0 Å². The molecule has 3 N–H and O–H groups in total. The van der Waals surface area contributed by atoms with Crippen LogP contribution in [0.25, 0.3) is 0 Å². The minimum Gasteiger partial charge on any atom is -0.325 e. The lowest BCUT2D eigenvalue weighted by molar-refractivity contribution is -0.0364. The summed E-state index contributed by atoms with van der Waals surface area (Å²) in [5, 5.41) is 3.89. The van der Waals surface area contributed by atoms with Crippen LogP contribution in [-0.2, 0) is 6.54 Å². The second-order valence-corrected chi connectivity index (χ2v) is 7.44. The van der Waals surface area contributed by atoms with Gasteiger partial charge in [0.2, 0.25) is 0 Å². The molecule has 2 heteroatoms. The molecule has 5 rings (SSSR count). The number of rotatable bonds is 3. The van der Waals surface area contributed by atoms with E-state index in [0.29, 0.717) is 5.54 Å². The molecule has 4 aliphatic rings. The molecule has 4 saturated carbocycles. The highest BCUT2D eigenvalue weighted by atomic mass is 15.0. The van der Waals surface area contributed by atoms with Crippen LogP contribution in [0.4, 0.5) is 0 Å². The van der Waals surface area contributed by atoms with Gasteiger partial charge >= 0.3 is 0 Å². The molecule has 2 unspecified atom stereocenters. The lowest BCUT2D eigenvalue weighted by Gasteiger charge is -2.61. The van der Waals surface area contributed by atoms with Crippen LogP contribution in [0.15, 0.2) is 30.3 Å². The van der Waals surface area contributed by atoms with Crippen molar-refractivity contribution < 1.29 is 0 Å². The molecule has 0 amide bonds. The van der Waals surface area contributed by atoms with Gasteiger partial charge in [-0.2, -0.15) is 0 Å². The summed E-state index contributed by atoms with van der Waals surface area (Å²) in [5.41, 5.74) is 8.52. The Labute approximate surface area is 115 Å². The zero-order valence-corrected chi connectivity index (χ0v) is 11.6. The Bertz CT molecular complexity index is 453. The van der Waals surface area contributed by atoms with Gasteiger partial charge in [0.25, 0.3) is 0 Å². The molecule has 0 aromatic heterocycles. The molecule has 2 atom stereocenters. The predicted octanol–water partition coefficient (Wildman–Crippen LogP) is 2.83. The lowest BCUT2D eigenvalue weighted by Crippen LogP contribution is -2.67. The smallest absolute Gasteiger partial charge is 0.0210 e. The van der Waals surface area contributed by atoms with Crippen molar-refractivity contribution >= 4 is 0 Å². The fourth-order valence-corrected chi connectivity index (χ4v) is 5.43. The SMILES string of the molecule is NC12CC3CC(C1)CC(NCc1ccccc1)(C3)C2. The first-order valence-corrected chi connectivity index (χ1v) is 7.73. The van der Waals surface area contributed by atoms with Crippen LogP contribution in [0.1, 0.15) is 44.1 Å². The van der Waals surface area contributed by atoms with Gasteiger partial charge in [-0.25, -0.2) is 0 Å². The van der Waals surface area contributed by atoms with Gasteiger partial charge in [-0.05, 0) is 55.9 Å². The second-order valence-electron chi connectivity index (χ2n) is 7.44. The third kappa shape index (κ3) is 2.11. The van der Waals surface area contributed by atoms with E-state index in [-0.39, 0.29) is 5.54 Å².